The number of amides is 1. The van der Waals surface area contributed by atoms with Gasteiger partial charge in [-0.3, -0.25) is 14.9 Å². The fraction of sp³-hybridized carbons (Fsp3) is 0.235. The number of carbonyl (C=O) groups is 1. The van der Waals surface area contributed by atoms with Crippen LogP contribution in [0.15, 0.2) is 36.4 Å². The van der Waals surface area contributed by atoms with Gasteiger partial charge in [-0.2, -0.15) is 0 Å². The number of nitrogens with two attached hydrogens (primary N) is 1. The third kappa shape index (κ3) is 3.66. The van der Waals surface area contributed by atoms with Gasteiger partial charge in [-0.15, -0.1) is 0 Å². The maximum Gasteiger partial charge on any atom is 0.292 e. The predicted molar refractivity (Wildman–Crippen MR) is 89.2 cm³/mol. The summed E-state index contributed by atoms with van der Waals surface area (Å²) < 4.78 is 0. The van der Waals surface area contributed by atoms with Crippen LogP contribution in [0.25, 0.3) is 0 Å². The average molecular weight is 313 g/mol. The Morgan fingerprint density at radius 3 is 2.52 bits per heavy atom. The Morgan fingerprint density at radius 1 is 1.22 bits per heavy atom. The zero-order valence-electron chi connectivity index (χ0n) is 13.4. The molecule has 6 heteroatoms. The highest BCUT2D eigenvalue weighted by atomic mass is 16.6. The number of hydrogen-bond donors (Lipinski definition) is 1. The maximum absolute atomic E-state index is 12.5. The van der Waals surface area contributed by atoms with Gasteiger partial charge in [-0.25, -0.2) is 0 Å². The summed E-state index contributed by atoms with van der Waals surface area (Å²) in [7, 11) is 1.67. The van der Waals surface area contributed by atoms with E-state index in [9.17, 15) is 14.9 Å². The van der Waals surface area contributed by atoms with Crippen molar-refractivity contribution in [1.29, 1.82) is 0 Å². The lowest BCUT2D eigenvalue weighted by Crippen LogP contribution is -2.26. The van der Waals surface area contributed by atoms with Gasteiger partial charge in [0.1, 0.15) is 5.69 Å². The van der Waals surface area contributed by atoms with Gasteiger partial charge < -0.3 is 10.6 Å². The number of rotatable bonds is 4. The van der Waals surface area contributed by atoms with Crippen LogP contribution >= 0.6 is 0 Å². The molecule has 23 heavy (non-hydrogen) atoms. The first-order chi connectivity index (χ1) is 10.8. The lowest BCUT2D eigenvalue weighted by Gasteiger charge is -2.19. The highest BCUT2D eigenvalue weighted by molar-refractivity contribution is 5.95. The van der Waals surface area contributed by atoms with E-state index in [1.807, 2.05) is 26.0 Å². The molecule has 0 bridgehead atoms. The molecule has 0 radical (unpaired) electrons. The number of nitrogen functional groups attached to an aromatic ring is 1. The Bertz CT molecular complexity index is 772. The number of aryl methyl sites for hydroxylation is 2. The molecule has 0 saturated heterocycles. The Hall–Kier alpha value is -2.89. The van der Waals surface area contributed by atoms with E-state index in [0.717, 1.165) is 16.7 Å². The molecule has 6 nitrogen and oxygen atoms in total. The Morgan fingerprint density at radius 2 is 1.91 bits per heavy atom. The third-order valence-electron chi connectivity index (χ3n) is 3.73. The number of carbonyl (C=O) groups excluding carboxylic acids is 1. The van der Waals surface area contributed by atoms with Crippen molar-refractivity contribution in [3.63, 3.8) is 0 Å². The summed E-state index contributed by atoms with van der Waals surface area (Å²) >= 11 is 0. The van der Waals surface area contributed by atoms with Gasteiger partial charge in [-0.1, -0.05) is 23.8 Å². The minimum absolute atomic E-state index is 0.0450. The number of hydrogen-bond acceptors (Lipinski definition) is 4. The highest BCUT2D eigenvalue weighted by Crippen LogP contribution is 2.23. The highest BCUT2D eigenvalue weighted by Gasteiger charge is 2.18. The molecule has 1 amide bonds. The molecule has 0 aliphatic rings. The molecule has 120 valence electrons. The van der Waals surface area contributed by atoms with Crippen molar-refractivity contribution in [3.05, 3.63) is 68.8 Å². The first kappa shape index (κ1) is 16.5. The van der Waals surface area contributed by atoms with Gasteiger partial charge in [-0.05, 0) is 37.1 Å². The van der Waals surface area contributed by atoms with E-state index in [1.165, 1.54) is 23.1 Å². The normalized spacial score (nSPS) is 10.4. The SMILES string of the molecule is Cc1ccc(CN(C)C(=O)c2ccc(N)c([N+](=O)[O-])c2)c(C)c1. The van der Waals surface area contributed by atoms with E-state index in [0.29, 0.717) is 6.54 Å². The van der Waals surface area contributed by atoms with E-state index in [-0.39, 0.29) is 22.8 Å². The molecule has 0 saturated carbocycles. The van der Waals surface area contributed by atoms with Crippen LogP contribution in [0.2, 0.25) is 0 Å². The standard InChI is InChI=1S/C17H19N3O3/c1-11-4-5-14(12(2)8-11)10-19(3)17(21)13-6-7-15(18)16(9-13)20(22)23/h4-9H,10,18H2,1-3H3. The summed E-state index contributed by atoms with van der Waals surface area (Å²) in [6, 6.07) is 10.1. The van der Waals surface area contributed by atoms with Crippen LogP contribution in [0, 0.1) is 24.0 Å². The van der Waals surface area contributed by atoms with Crippen molar-refractivity contribution >= 4 is 17.3 Å². The number of nitro benzene ring substituents is 1. The second-order valence-corrected chi connectivity index (χ2v) is 5.62. The molecular weight excluding hydrogens is 294 g/mol. The Kier molecular flexibility index (Phi) is 4.64. The third-order valence-corrected chi connectivity index (χ3v) is 3.73. The fourth-order valence-corrected chi connectivity index (χ4v) is 2.41. The van der Waals surface area contributed by atoms with Crippen LogP contribution < -0.4 is 5.73 Å². The van der Waals surface area contributed by atoms with E-state index < -0.39 is 4.92 Å². The fourth-order valence-electron chi connectivity index (χ4n) is 2.41. The van der Waals surface area contributed by atoms with E-state index in [1.54, 1.807) is 7.05 Å². The lowest BCUT2D eigenvalue weighted by atomic mass is 10.0. The summed E-state index contributed by atoms with van der Waals surface area (Å²) in [5.41, 5.74) is 8.90. The lowest BCUT2D eigenvalue weighted by molar-refractivity contribution is -0.383. The Balaban J connectivity index is 2.23. The molecule has 2 aromatic rings. The van der Waals surface area contributed by atoms with Crippen LogP contribution in [0.3, 0.4) is 0 Å². The minimum Gasteiger partial charge on any atom is -0.393 e. The van der Waals surface area contributed by atoms with E-state index in [4.69, 9.17) is 5.73 Å². The van der Waals surface area contributed by atoms with Crippen LogP contribution in [0.5, 0.6) is 0 Å². The van der Waals surface area contributed by atoms with Crippen molar-refractivity contribution in [1.82, 2.24) is 4.90 Å². The van der Waals surface area contributed by atoms with Gasteiger partial charge in [0.2, 0.25) is 0 Å². The van der Waals surface area contributed by atoms with Gasteiger partial charge in [0.05, 0.1) is 4.92 Å². The molecule has 2 rings (SSSR count). The molecule has 0 fully saturated rings. The number of benzene rings is 2. The maximum atomic E-state index is 12.5. The average Bonchev–Trinajstić information content (AvgIpc) is 2.49. The summed E-state index contributed by atoms with van der Waals surface area (Å²) in [6.45, 7) is 4.44. The van der Waals surface area contributed by atoms with Gasteiger partial charge in [0.15, 0.2) is 0 Å². The van der Waals surface area contributed by atoms with Crippen molar-refractivity contribution in [2.45, 2.75) is 20.4 Å². The molecule has 2 N–H and O–H groups in total. The van der Waals surface area contributed by atoms with Crippen LogP contribution in [0.4, 0.5) is 11.4 Å². The second kappa shape index (κ2) is 6.48. The zero-order valence-corrected chi connectivity index (χ0v) is 13.4. The molecule has 0 aromatic heterocycles. The van der Waals surface area contributed by atoms with Gasteiger partial charge >= 0.3 is 0 Å². The zero-order chi connectivity index (χ0) is 17.1. The topological polar surface area (TPSA) is 89.5 Å². The smallest absolute Gasteiger partial charge is 0.292 e. The molecule has 0 unspecified atom stereocenters. The van der Waals surface area contributed by atoms with Crippen LogP contribution in [-0.4, -0.2) is 22.8 Å². The largest absolute Gasteiger partial charge is 0.393 e. The Labute approximate surface area is 134 Å². The molecule has 0 atom stereocenters. The summed E-state index contributed by atoms with van der Waals surface area (Å²) in [5, 5.41) is 10.9. The molecule has 0 heterocycles. The monoisotopic (exact) mass is 313 g/mol. The van der Waals surface area contributed by atoms with E-state index >= 15 is 0 Å². The minimum atomic E-state index is -0.587. The van der Waals surface area contributed by atoms with Gasteiger partial charge in [0.25, 0.3) is 11.6 Å². The summed E-state index contributed by atoms with van der Waals surface area (Å²) in [5.74, 6) is -0.284. The summed E-state index contributed by atoms with van der Waals surface area (Å²) in [4.78, 5) is 24.4. The van der Waals surface area contributed by atoms with E-state index in [2.05, 4.69) is 6.07 Å². The van der Waals surface area contributed by atoms with Crippen LogP contribution in [-0.2, 0) is 6.54 Å². The molecule has 0 aliphatic heterocycles. The van der Waals surface area contributed by atoms with Gasteiger partial charge in [0, 0.05) is 25.2 Å². The van der Waals surface area contributed by atoms with Crippen molar-refractivity contribution in [3.8, 4) is 0 Å². The number of nitrogens with zero attached hydrogens (tertiary/aromatic N) is 2. The first-order valence-electron chi connectivity index (χ1n) is 7.15. The quantitative estimate of drug-likeness (QED) is 0.533. The molecular formula is C17H19N3O3. The van der Waals surface area contributed by atoms with Crippen LogP contribution in [0.1, 0.15) is 27.0 Å². The number of nitro groups is 1. The van der Waals surface area contributed by atoms with Crippen molar-refractivity contribution in [2.75, 3.05) is 12.8 Å². The first-order valence-corrected chi connectivity index (χ1v) is 7.15. The van der Waals surface area contributed by atoms with Crippen molar-refractivity contribution in [2.24, 2.45) is 0 Å². The second-order valence-electron chi connectivity index (χ2n) is 5.62. The van der Waals surface area contributed by atoms with Crippen molar-refractivity contribution < 1.29 is 9.72 Å². The molecule has 2 aromatic carbocycles. The summed E-state index contributed by atoms with van der Waals surface area (Å²) in [6.07, 6.45) is 0. The molecule has 0 spiro atoms. The number of anilines is 1. The molecule has 0 aliphatic carbocycles. The predicted octanol–water partition coefficient (Wildman–Crippen LogP) is 3.07.